The SMILES string of the molecule is C=C(CC(C)(Cc1ccccc1)C(=O)Cc1cnc2c(F)cccc2c1)C(F)(F)F. The zero-order valence-corrected chi connectivity index (χ0v) is 16.5. The zero-order valence-electron chi connectivity index (χ0n) is 16.5. The van der Waals surface area contributed by atoms with Gasteiger partial charge in [-0.15, -0.1) is 0 Å². The molecule has 1 atom stereocenters. The van der Waals surface area contributed by atoms with Crippen molar-refractivity contribution in [2.45, 2.75) is 32.4 Å². The number of allylic oxidation sites excluding steroid dienone is 1. The molecule has 2 aromatic carbocycles. The third-order valence-electron chi connectivity index (χ3n) is 5.20. The highest BCUT2D eigenvalue weighted by Gasteiger charge is 2.41. The van der Waals surface area contributed by atoms with Crippen LogP contribution in [0.5, 0.6) is 0 Å². The standard InChI is InChI=1S/C24H21F4NO/c1-16(24(26,27)28)13-23(2,14-17-7-4-3-5-8-17)21(30)12-18-11-19-9-6-10-20(25)22(19)29-15-18/h3-11,15H,1,12-14H2,2H3. The molecule has 0 fully saturated rings. The Hall–Kier alpha value is -3.02. The number of fused-ring (bicyclic) bond motifs is 1. The molecule has 0 N–H and O–H groups in total. The van der Waals surface area contributed by atoms with E-state index < -0.39 is 29.4 Å². The number of ketones is 1. The minimum Gasteiger partial charge on any atom is -0.299 e. The second-order valence-electron chi connectivity index (χ2n) is 7.76. The highest BCUT2D eigenvalue weighted by molar-refractivity contribution is 5.88. The summed E-state index contributed by atoms with van der Waals surface area (Å²) in [5.74, 6) is -0.824. The molecule has 30 heavy (non-hydrogen) atoms. The van der Waals surface area contributed by atoms with Crippen LogP contribution >= 0.6 is 0 Å². The summed E-state index contributed by atoms with van der Waals surface area (Å²) < 4.78 is 53.3. The Balaban J connectivity index is 1.90. The Labute approximate surface area is 172 Å². The van der Waals surface area contributed by atoms with Crippen LogP contribution in [-0.2, 0) is 17.6 Å². The molecular weight excluding hydrogens is 394 g/mol. The van der Waals surface area contributed by atoms with Crippen molar-refractivity contribution >= 4 is 16.7 Å². The maximum atomic E-state index is 13.8. The van der Waals surface area contributed by atoms with Crippen molar-refractivity contribution in [1.82, 2.24) is 4.98 Å². The number of Topliss-reactive ketones (excluding diaryl/α,β-unsaturated/α-hetero) is 1. The maximum Gasteiger partial charge on any atom is 0.412 e. The molecule has 1 unspecified atom stereocenters. The number of hydrogen-bond acceptors (Lipinski definition) is 2. The molecule has 0 saturated heterocycles. The maximum absolute atomic E-state index is 13.8. The molecule has 0 radical (unpaired) electrons. The Morgan fingerprint density at radius 3 is 2.40 bits per heavy atom. The fraction of sp³-hybridized carbons (Fsp3) is 0.250. The number of benzene rings is 2. The fourth-order valence-corrected chi connectivity index (χ4v) is 3.54. The van der Waals surface area contributed by atoms with Gasteiger partial charge in [0, 0.05) is 29.0 Å². The summed E-state index contributed by atoms with van der Waals surface area (Å²) in [5.41, 5.74) is -0.763. The first kappa shape index (κ1) is 21.7. The molecule has 0 aliphatic carbocycles. The lowest BCUT2D eigenvalue weighted by Gasteiger charge is -2.30. The summed E-state index contributed by atoms with van der Waals surface area (Å²) in [4.78, 5) is 17.3. The zero-order chi connectivity index (χ0) is 21.9. The van der Waals surface area contributed by atoms with Crippen LogP contribution in [0.15, 0.2) is 72.9 Å². The highest BCUT2D eigenvalue weighted by atomic mass is 19.4. The number of carbonyl (C=O) groups excluding carboxylic acids is 1. The van der Waals surface area contributed by atoms with Gasteiger partial charge >= 0.3 is 6.18 Å². The van der Waals surface area contributed by atoms with Gasteiger partial charge < -0.3 is 0 Å². The minimum atomic E-state index is -4.57. The van der Waals surface area contributed by atoms with E-state index in [9.17, 15) is 22.4 Å². The van der Waals surface area contributed by atoms with Crippen molar-refractivity contribution < 1.29 is 22.4 Å². The van der Waals surface area contributed by atoms with Crippen molar-refractivity contribution in [3.05, 3.63) is 89.9 Å². The van der Waals surface area contributed by atoms with E-state index in [1.54, 1.807) is 42.5 Å². The van der Waals surface area contributed by atoms with Crippen molar-refractivity contribution in [2.24, 2.45) is 5.41 Å². The molecule has 1 aromatic heterocycles. The monoisotopic (exact) mass is 415 g/mol. The van der Waals surface area contributed by atoms with E-state index in [2.05, 4.69) is 11.6 Å². The lowest BCUT2D eigenvalue weighted by molar-refractivity contribution is -0.129. The molecule has 156 valence electrons. The van der Waals surface area contributed by atoms with Crippen LogP contribution < -0.4 is 0 Å². The largest absolute Gasteiger partial charge is 0.412 e. The van der Waals surface area contributed by atoms with Gasteiger partial charge in [-0.25, -0.2) is 4.39 Å². The van der Waals surface area contributed by atoms with Crippen LogP contribution in [-0.4, -0.2) is 16.9 Å². The second-order valence-corrected chi connectivity index (χ2v) is 7.76. The van der Waals surface area contributed by atoms with Crippen molar-refractivity contribution in [1.29, 1.82) is 0 Å². The molecule has 1 heterocycles. The third-order valence-corrected chi connectivity index (χ3v) is 5.20. The van der Waals surface area contributed by atoms with E-state index in [-0.39, 0.29) is 24.1 Å². The number of nitrogens with zero attached hydrogens (tertiary/aromatic N) is 1. The first-order chi connectivity index (χ1) is 14.1. The predicted molar refractivity (Wildman–Crippen MR) is 108 cm³/mol. The quantitative estimate of drug-likeness (QED) is 0.338. The normalized spacial score (nSPS) is 13.8. The average Bonchev–Trinajstić information content (AvgIpc) is 2.68. The lowest BCUT2D eigenvalue weighted by Crippen LogP contribution is -2.34. The molecular formula is C24H21F4NO. The minimum absolute atomic E-state index is 0.103. The van der Waals surface area contributed by atoms with E-state index in [0.717, 1.165) is 5.56 Å². The van der Waals surface area contributed by atoms with Crippen molar-refractivity contribution in [3.63, 3.8) is 0 Å². The van der Waals surface area contributed by atoms with Gasteiger partial charge in [-0.2, -0.15) is 13.2 Å². The number of halogens is 4. The van der Waals surface area contributed by atoms with Crippen LogP contribution in [0.1, 0.15) is 24.5 Å². The van der Waals surface area contributed by atoms with E-state index in [1.165, 1.54) is 25.3 Å². The van der Waals surface area contributed by atoms with E-state index in [4.69, 9.17) is 0 Å². The Morgan fingerprint density at radius 1 is 1.03 bits per heavy atom. The molecule has 0 bridgehead atoms. The van der Waals surface area contributed by atoms with Gasteiger partial charge in [0.2, 0.25) is 0 Å². The Morgan fingerprint density at radius 2 is 1.73 bits per heavy atom. The smallest absolute Gasteiger partial charge is 0.299 e. The second kappa shape index (κ2) is 8.38. The van der Waals surface area contributed by atoms with Crippen molar-refractivity contribution in [2.75, 3.05) is 0 Å². The van der Waals surface area contributed by atoms with Gasteiger partial charge in [0.25, 0.3) is 0 Å². The van der Waals surface area contributed by atoms with E-state index in [1.807, 2.05) is 0 Å². The summed E-state index contributed by atoms with van der Waals surface area (Å²) in [6, 6.07) is 15.1. The van der Waals surface area contributed by atoms with Gasteiger partial charge in [0.15, 0.2) is 0 Å². The summed E-state index contributed by atoms with van der Waals surface area (Å²) in [6.45, 7) is 4.70. The predicted octanol–water partition coefficient (Wildman–Crippen LogP) is 6.24. The summed E-state index contributed by atoms with van der Waals surface area (Å²) >= 11 is 0. The molecule has 2 nitrogen and oxygen atoms in total. The summed E-state index contributed by atoms with van der Waals surface area (Å²) in [7, 11) is 0. The van der Waals surface area contributed by atoms with Gasteiger partial charge in [-0.3, -0.25) is 9.78 Å². The molecule has 0 spiro atoms. The third kappa shape index (κ3) is 4.93. The molecule has 0 amide bonds. The molecule has 3 aromatic rings. The summed E-state index contributed by atoms with van der Waals surface area (Å²) in [5, 5.41) is 0.532. The molecule has 3 rings (SSSR count). The first-order valence-corrected chi connectivity index (χ1v) is 9.44. The molecule has 0 saturated carbocycles. The number of pyridine rings is 1. The van der Waals surface area contributed by atoms with Crippen LogP contribution in [0.25, 0.3) is 10.9 Å². The van der Waals surface area contributed by atoms with Gasteiger partial charge in [-0.1, -0.05) is 56.0 Å². The van der Waals surface area contributed by atoms with E-state index >= 15 is 0 Å². The van der Waals surface area contributed by atoms with Crippen LogP contribution in [0, 0.1) is 11.2 Å². The molecule has 0 aliphatic heterocycles. The number of para-hydroxylation sites is 1. The number of hydrogen-bond donors (Lipinski definition) is 0. The van der Waals surface area contributed by atoms with Gasteiger partial charge in [-0.05, 0) is 36.1 Å². The van der Waals surface area contributed by atoms with Gasteiger partial charge in [0.1, 0.15) is 17.1 Å². The van der Waals surface area contributed by atoms with Crippen LogP contribution in [0.4, 0.5) is 17.6 Å². The Bertz CT molecular complexity index is 1080. The molecule has 0 aliphatic rings. The number of aromatic nitrogens is 1. The number of alkyl halides is 3. The number of rotatable bonds is 7. The lowest BCUT2D eigenvalue weighted by atomic mass is 9.73. The van der Waals surface area contributed by atoms with Crippen LogP contribution in [0.3, 0.4) is 0 Å². The Kier molecular flexibility index (Phi) is 6.06. The highest BCUT2D eigenvalue weighted by Crippen LogP contribution is 2.38. The van der Waals surface area contributed by atoms with Gasteiger partial charge in [0.05, 0.1) is 0 Å². The topological polar surface area (TPSA) is 30.0 Å². The number of carbonyl (C=O) groups is 1. The molecule has 6 heteroatoms. The fourth-order valence-electron chi connectivity index (χ4n) is 3.54. The van der Waals surface area contributed by atoms with Crippen molar-refractivity contribution in [3.8, 4) is 0 Å². The first-order valence-electron chi connectivity index (χ1n) is 9.44. The van der Waals surface area contributed by atoms with Crippen LogP contribution in [0.2, 0.25) is 0 Å². The average molecular weight is 415 g/mol. The van der Waals surface area contributed by atoms with E-state index in [0.29, 0.717) is 10.9 Å². The summed E-state index contributed by atoms with van der Waals surface area (Å²) in [6.07, 6.45) is -3.63.